The summed E-state index contributed by atoms with van der Waals surface area (Å²) in [6.07, 6.45) is 0. The molecular weight excluding hydrogens is 817 g/mol. The summed E-state index contributed by atoms with van der Waals surface area (Å²) in [5, 5.41) is 10.4. The van der Waals surface area contributed by atoms with Gasteiger partial charge < -0.3 is 0 Å². The number of rotatable bonds is 3. The van der Waals surface area contributed by atoms with E-state index in [-0.39, 0.29) is 5.41 Å². The van der Waals surface area contributed by atoms with Gasteiger partial charge in [-0.3, -0.25) is 0 Å². The van der Waals surface area contributed by atoms with Crippen LogP contribution >= 0.6 is 0 Å². The van der Waals surface area contributed by atoms with Crippen molar-refractivity contribution in [1.29, 1.82) is 0 Å². The van der Waals surface area contributed by atoms with Gasteiger partial charge in [0, 0.05) is 5.41 Å². The molecule has 0 nitrogen and oxygen atoms in total. The second-order valence-electron chi connectivity index (χ2n) is 19.8. The van der Waals surface area contributed by atoms with Crippen LogP contribution in [-0.2, 0) is 10.8 Å². The molecule has 0 bridgehead atoms. The Kier molecular flexibility index (Phi) is 7.59. The first-order valence-corrected chi connectivity index (χ1v) is 24.1. The van der Waals surface area contributed by atoms with Crippen LogP contribution in [0.3, 0.4) is 0 Å². The van der Waals surface area contributed by atoms with Crippen LogP contribution < -0.4 is 0 Å². The van der Waals surface area contributed by atoms with E-state index in [0.29, 0.717) is 0 Å². The second-order valence-corrected chi connectivity index (χ2v) is 19.8. The maximum atomic E-state index is 2.54. The fourth-order valence-corrected chi connectivity index (χ4v) is 13.7. The van der Waals surface area contributed by atoms with E-state index < -0.39 is 5.41 Å². The molecule has 0 N–H and O–H groups in total. The monoisotopic (exact) mass is 860 g/mol. The lowest BCUT2D eigenvalue weighted by Crippen LogP contribution is -2.25. The highest BCUT2D eigenvalue weighted by Crippen LogP contribution is 2.63. The molecule has 316 valence electrons. The molecule has 0 saturated heterocycles. The molecule has 1 spiro atoms. The Labute approximate surface area is 396 Å². The lowest BCUT2D eigenvalue weighted by atomic mass is 9.70. The molecule has 15 rings (SSSR count). The molecule has 0 atom stereocenters. The van der Waals surface area contributed by atoms with Crippen LogP contribution in [0, 0.1) is 0 Å². The maximum Gasteiger partial charge on any atom is 0.0725 e. The Bertz CT molecular complexity index is 4040. The molecule has 0 fully saturated rings. The van der Waals surface area contributed by atoms with Crippen molar-refractivity contribution in [2.24, 2.45) is 0 Å². The van der Waals surface area contributed by atoms with Crippen LogP contribution in [0.25, 0.3) is 110 Å². The fraction of sp³-hybridized carbons (Fsp3) is 0.0588. The van der Waals surface area contributed by atoms with Crippen LogP contribution in [0.15, 0.2) is 231 Å². The fourth-order valence-electron chi connectivity index (χ4n) is 13.7. The zero-order chi connectivity index (χ0) is 44.9. The summed E-state index contributed by atoms with van der Waals surface area (Å²) in [5.74, 6) is 0. The van der Waals surface area contributed by atoms with E-state index in [0.717, 1.165) is 0 Å². The largest absolute Gasteiger partial charge is 0.0725 e. The van der Waals surface area contributed by atoms with Crippen molar-refractivity contribution in [1.82, 2.24) is 0 Å². The highest BCUT2D eigenvalue weighted by atomic mass is 14.5. The van der Waals surface area contributed by atoms with Crippen LogP contribution in [0.4, 0.5) is 0 Å². The minimum atomic E-state index is -0.402. The maximum absolute atomic E-state index is 2.54. The highest BCUT2D eigenvalue weighted by Gasteiger charge is 2.51. The van der Waals surface area contributed by atoms with Gasteiger partial charge in [-0.1, -0.05) is 238 Å². The quantitative estimate of drug-likeness (QED) is 0.123. The van der Waals surface area contributed by atoms with Crippen LogP contribution in [0.5, 0.6) is 0 Å². The Balaban J connectivity index is 0.907. The third-order valence-corrected chi connectivity index (χ3v) is 16.2. The number of hydrogen-bond acceptors (Lipinski definition) is 0. The average Bonchev–Trinajstić information content (AvgIpc) is 3.96. The second kappa shape index (κ2) is 13.6. The summed E-state index contributed by atoms with van der Waals surface area (Å²) < 4.78 is 0. The van der Waals surface area contributed by atoms with Gasteiger partial charge in [0.25, 0.3) is 0 Å². The van der Waals surface area contributed by atoms with Crippen molar-refractivity contribution in [3.05, 3.63) is 264 Å². The Hall–Kier alpha value is -8.32. The molecule has 0 heteroatoms. The number of hydrogen-bond donors (Lipinski definition) is 0. The molecule has 12 aromatic rings. The summed E-state index contributed by atoms with van der Waals surface area (Å²) in [5.41, 5.74) is 23.3. The molecule has 3 aliphatic rings. The molecule has 68 heavy (non-hydrogen) atoms. The van der Waals surface area contributed by atoms with Crippen molar-refractivity contribution in [3.8, 4) is 66.8 Å². The van der Waals surface area contributed by atoms with Gasteiger partial charge in [-0.25, -0.2) is 0 Å². The van der Waals surface area contributed by atoms with Crippen molar-refractivity contribution < 1.29 is 0 Å². The molecule has 0 unspecified atom stereocenters. The molecule has 3 aliphatic carbocycles. The molecule has 0 aromatic heterocycles. The Morgan fingerprint density at radius 1 is 0.235 bits per heavy atom. The van der Waals surface area contributed by atoms with Gasteiger partial charge in [0.05, 0.1) is 5.41 Å². The third-order valence-electron chi connectivity index (χ3n) is 16.2. The van der Waals surface area contributed by atoms with Crippen molar-refractivity contribution >= 4 is 43.1 Å². The molecule has 0 heterocycles. The van der Waals surface area contributed by atoms with E-state index in [1.165, 1.54) is 143 Å². The van der Waals surface area contributed by atoms with Gasteiger partial charge in [-0.2, -0.15) is 0 Å². The number of fused-ring (bicyclic) bond motifs is 20. The van der Waals surface area contributed by atoms with Gasteiger partial charge in [-0.15, -0.1) is 0 Å². The van der Waals surface area contributed by atoms with Crippen molar-refractivity contribution in [2.45, 2.75) is 24.7 Å². The summed E-state index contributed by atoms with van der Waals surface area (Å²) in [6.45, 7) is 4.86. The van der Waals surface area contributed by atoms with E-state index in [4.69, 9.17) is 0 Å². The van der Waals surface area contributed by atoms with Crippen LogP contribution in [0.2, 0.25) is 0 Å². The lowest BCUT2D eigenvalue weighted by Gasteiger charge is -2.30. The number of benzene rings is 12. The first kappa shape index (κ1) is 37.9. The van der Waals surface area contributed by atoms with Gasteiger partial charge in [-0.05, 0) is 149 Å². The predicted octanol–water partition coefficient (Wildman–Crippen LogP) is 18.0. The van der Waals surface area contributed by atoms with Gasteiger partial charge in [0.1, 0.15) is 0 Å². The molecule has 0 amide bonds. The van der Waals surface area contributed by atoms with Crippen LogP contribution in [-0.4, -0.2) is 0 Å². The van der Waals surface area contributed by atoms with E-state index in [9.17, 15) is 0 Å². The predicted molar refractivity (Wildman–Crippen MR) is 287 cm³/mol. The summed E-state index contributed by atoms with van der Waals surface area (Å²) in [4.78, 5) is 0. The lowest BCUT2D eigenvalue weighted by molar-refractivity contribution is 0.668. The topological polar surface area (TPSA) is 0 Å². The molecule has 0 radical (unpaired) electrons. The first-order chi connectivity index (χ1) is 33.5. The van der Waals surface area contributed by atoms with E-state index >= 15 is 0 Å². The van der Waals surface area contributed by atoms with Gasteiger partial charge >= 0.3 is 0 Å². The highest BCUT2D eigenvalue weighted by molar-refractivity contribution is 6.22. The van der Waals surface area contributed by atoms with Crippen LogP contribution in [0.1, 0.15) is 47.2 Å². The minimum Gasteiger partial charge on any atom is -0.0619 e. The Morgan fingerprint density at radius 2 is 0.603 bits per heavy atom. The first-order valence-electron chi connectivity index (χ1n) is 24.1. The zero-order valence-corrected chi connectivity index (χ0v) is 37.9. The minimum absolute atomic E-state index is 0.198. The molecule has 0 saturated carbocycles. The van der Waals surface area contributed by atoms with Crippen molar-refractivity contribution in [3.63, 3.8) is 0 Å². The van der Waals surface area contributed by atoms with E-state index in [1.807, 2.05) is 0 Å². The normalized spacial score (nSPS) is 14.3. The van der Waals surface area contributed by atoms with Gasteiger partial charge in [0.15, 0.2) is 0 Å². The van der Waals surface area contributed by atoms with Gasteiger partial charge in [0.2, 0.25) is 0 Å². The molecule has 0 aliphatic heterocycles. The standard InChI is InChI=1S/C68H44/c1-67(2)65-44(29-17-30-57(65)64-51-23-5-3-18-45(51)46-19-4-10-28-56(46)66(64)67)41-34-36-42(37-35-41)62-52-24-6-8-26-54(52)63(55-27-9-7-25-53(55)62)43-38-39-50-49-22-13-16-33-60(49)68(61(50)40-43)58-31-14-11-20-47(58)48-21-12-15-32-59(48)68/h3-40H,1-2H3. The summed E-state index contributed by atoms with van der Waals surface area (Å²) in [6, 6.07) is 87.2. The zero-order valence-electron chi connectivity index (χ0n) is 37.9. The Morgan fingerprint density at radius 3 is 1.15 bits per heavy atom. The van der Waals surface area contributed by atoms with Crippen molar-refractivity contribution in [2.75, 3.05) is 0 Å². The smallest absolute Gasteiger partial charge is 0.0619 e. The summed E-state index contributed by atoms with van der Waals surface area (Å²) in [7, 11) is 0. The van der Waals surface area contributed by atoms with E-state index in [1.54, 1.807) is 0 Å². The average molecular weight is 861 g/mol. The summed E-state index contributed by atoms with van der Waals surface area (Å²) >= 11 is 0. The SMILES string of the molecule is CC1(C)c2c(-c3ccc(-c4c5ccccc5c(-c5ccc6c(c5)C5(c7ccccc7-c7ccccc75)c5ccccc5-6)c5ccccc45)cc3)cccc2-c2c1c1ccccc1c1ccccc21. The molecular formula is C68H44. The van der Waals surface area contributed by atoms with E-state index in [2.05, 4.69) is 244 Å². The molecule has 12 aromatic carbocycles. The third kappa shape index (κ3) is 4.74.